The van der Waals surface area contributed by atoms with Crippen LogP contribution in [0.25, 0.3) is 0 Å². The van der Waals surface area contributed by atoms with Gasteiger partial charge < -0.3 is 9.57 Å². The van der Waals surface area contributed by atoms with Crippen molar-refractivity contribution >= 4 is 0 Å². The van der Waals surface area contributed by atoms with Gasteiger partial charge in [-0.25, -0.2) is 10.7 Å². The van der Waals surface area contributed by atoms with Gasteiger partial charge in [0.25, 0.3) is 5.56 Å². The topological polar surface area (TPSA) is 99.3 Å². The zero-order valence-corrected chi connectivity index (χ0v) is 8.89. The maximum absolute atomic E-state index is 13.1. The second-order valence-electron chi connectivity index (χ2n) is 3.77. The predicted octanol–water partition coefficient (Wildman–Crippen LogP) is -0.756. The monoisotopic (exact) mass is 245 g/mol. The van der Waals surface area contributed by atoms with Crippen molar-refractivity contribution in [3.05, 3.63) is 32.9 Å². The van der Waals surface area contributed by atoms with Crippen LogP contribution in [0.3, 0.4) is 0 Å². The number of rotatable bonds is 3. The highest BCUT2D eigenvalue weighted by atomic mass is 19.1. The summed E-state index contributed by atoms with van der Waals surface area (Å²) in [7, 11) is 0. The zero-order chi connectivity index (χ0) is 12.4. The van der Waals surface area contributed by atoms with Gasteiger partial charge in [-0.05, 0) is 12.8 Å². The van der Waals surface area contributed by atoms with E-state index in [2.05, 4.69) is 4.84 Å². The Morgan fingerprint density at radius 1 is 1.59 bits per heavy atom. The fraction of sp³-hybridized carbons (Fsp3) is 0.556. The summed E-state index contributed by atoms with van der Waals surface area (Å²) in [6.07, 6.45) is 1.19. The van der Waals surface area contributed by atoms with Gasteiger partial charge in [0.05, 0.1) is 18.9 Å². The normalized spacial score (nSPS) is 24.1. The van der Waals surface area contributed by atoms with Gasteiger partial charge in [0.1, 0.15) is 6.23 Å². The molecular weight excluding hydrogens is 233 g/mol. The van der Waals surface area contributed by atoms with E-state index in [-0.39, 0.29) is 12.7 Å². The quantitative estimate of drug-likeness (QED) is 0.682. The lowest BCUT2D eigenvalue weighted by molar-refractivity contribution is -0.0437. The number of hydrogen-bond donors (Lipinski definition) is 2. The number of aromatic nitrogens is 2. The second kappa shape index (κ2) is 4.78. The highest BCUT2D eigenvalue weighted by Gasteiger charge is 2.27. The number of nitrogens with one attached hydrogen (secondary N) is 1. The van der Waals surface area contributed by atoms with Gasteiger partial charge in [0, 0.05) is 0 Å². The SMILES string of the molecule is NOCC1CCC(n2cc(F)c(=O)[nH]c2=O)O1. The number of nitrogens with two attached hydrogens (primary N) is 1. The molecule has 1 saturated heterocycles. The van der Waals surface area contributed by atoms with Crippen LogP contribution in [0.4, 0.5) is 4.39 Å². The largest absolute Gasteiger partial charge is 0.352 e. The molecule has 1 aliphatic heterocycles. The maximum Gasteiger partial charge on any atom is 0.330 e. The van der Waals surface area contributed by atoms with E-state index in [0.29, 0.717) is 12.8 Å². The molecule has 1 fully saturated rings. The molecule has 0 radical (unpaired) electrons. The summed E-state index contributed by atoms with van der Waals surface area (Å²) >= 11 is 0. The third-order valence-electron chi connectivity index (χ3n) is 2.60. The third-order valence-corrected chi connectivity index (χ3v) is 2.60. The van der Waals surface area contributed by atoms with Gasteiger partial charge in [0.15, 0.2) is 0 Å². The molecule has 2 atom stereocenters. The minimum Gasteiger partial charge on any atom is -0.352 e. The molecule has 0 spiro atoms. The minimum absolute atomic E-state index is 0.205. The number of H-pyrrole nitrogens is 1. The first-order valence-electron chi connectivity index (χ1n) is 5.10. The molecule has 0 amide bonds. The Morgan fingerprint density at radius 2 is 2.35 bits per heavy atom. The molecule has 94 valence electrons. The van der Waals surface area contributed by atoms with Crippen molar-refractivity contribution in [1.82, 2.24) is 9.55 Å². The van der Waals surface area contributed by atoms with E-state index in [0.717, 1.165) is 10.8 Å². The molecular formula is C9H12FN3O4. The summed E-state index contributed by atoms with van der Waals surface area (Å²) in [5, 5.41) is 0. The Labute approximate surface area is 94.9 Å². The van der Waals surface area contributed by atoms with Gasteiger partial charge in [-0.2, -0.15) is 4.39 Å². The molecule has 3 N–H and O–H groups in total. The van der Waals surface area contributed by atoms with Gasteiger partial charge in [-0.15, -0.1) is 0 Å². The smallest absolute Gasteiger partial charge is 0.330 e. The van der Waals surface area contributed by atoms with Gasteiger partial charge >= 0.3 is 5.69 Å². The lowest BCUT2D eigenvalue weighted by Gasteiger charge is -2.14. The average Bonchev–Trinajstić information content (AvgIpc) is 2.72. The van der Waals surface area contributed by atoms with Crippen LogP contribution in [-0.4, -0.2) is 22.3 Å². The Hall–Kier alpha value is -1.51. The number of ether oxygens (including phenoxy) is 1. The Kier molecular flexibility index (Phi) is 3.36. The van der Waals surface area contributed by atoms with Crippen molar-refractivity contribution < 1.29 is 14.0 Å². The Morgan fingerprint density at radius 3 is 3.06 bits per heavy atom. The van der Waals surface area contributed by atoms with Gasteiger partial charge in [0.2, 0.25) is 5.82 Å². The average molecular weight is 245 g/mol. The molecule has 1 aromatic heterocycles. The van der Waals surface area contributed by atoms with Crippen LogP contribution in [0.15, 0.2) is 15.8 Å². The highest BCUT2D eigenvalue weighted by molar-refractivity contribution is 4.89. The summed E-state index contributed by atoms with van der Waals surface area (Å²) in [5.74, 6) is 3.89. The molecule has 0 bridgehead atoms. The fourth-order valence-corrected chi connectivity index (χ4v) is 1.80. The van der Waals surface area contributed by atoms with E-state index in [4.69, 9.17) is 10.6 Å². The maximum atomic E-state index is 13.1. The van der Waals surface area contributed by atoms with E-state index < -0.39 is 23.3 Å². The highest BCUT2D eigenvalue weighted by Crippen LogP contribution is 2.26. The lowest BCUT2D eigenvalue weighted by atomic mass is 10.2. The van der Waals surface area contributed by atoms with Crippen LogP contribution in [0.2, 0.25) is 0 Å². The number of halogens is 1. The molecule has 1 aliphatic rings. The molecule has 0 aliphatic carbocycles. The zero-order valence-electron chi connectivity index (χ0n) is 8.89. The van der Waals surface area contributed by atoms with Crippen molar-refractivity contribution in [1.29, 1.82) is 0 Å². The van der Waals surface area contributed by atoms with Crippen LogP contribution in [-0.2, 0) is 9.57 Å². The summed E-state index contributed by atoms with van der Waals surface area (Å²) in [5.41, 5.74) is -1.73. The van der Waals surface area contributed by atoms with E-state index in [9.17, 15) is 14.0 Å². The molecule has 17 heavy (non-hydrogen) atoms. The minimum atomic E-state index is -1.04. The molecule has 7 nitrogen and oxygen atoms in total. The van der Waals surface area contributed by atoms with E-state index in [1.807, 2.05) is 4.98 Å². The second-order valence-corrected chi connectivity index (χ2v) is 3.77. The third kappa shape index (κ3) is 2.43. The number of aromatic amines is 1. The Balaban J connectivity index is 2.22. The first-order chi connectivity index (χ1) is 8.11. The van der Waals surface area contributed by atoms with Crippen molar-refractivity contribution in [2.45, 2.75) is 25.2 Å². The molecule has 1 aromatic rings. The van der Waals surface area contributed by atoms with Crippen LogP contribution in [0.1, 0.15) is 19.1 Å². The number of nitrogens with zero attached hydrogens (tertiary/aromatic N) is 1. The molecule has 8 heteroatoms. The fourth-order valence-electron chi connectivity index (χ4n) is 1.80. The molecule has 2 heterocycles. The Bertz CT molecular complexity index is 512. The lowest BCUT2D eigenvalue weighted by Crippen LogP contribution is -2.34. The van der Waals surface area contributed by atoms with E-state index in [1.165, 1.54) is 0 Å². The summed E-state index contributed by atoms with van der Waals surface area (Å²) in [6, 6.07) is 0. The van der Waals surface area contributed by atoms with Crippen LogP contribution >= 0.6 is 0 Å². The standard InChI is InChI=1S/C9H12FN3O4/c10-6-3-13(9(15)12-8(6)14)7-2-1-5(17-7)4-16-11/h3,5,7H,1-2,4,11H2,(H,12,14,15). The van der Waals surface area contributed by atoms with Crippen molar-refractivity contribution in [2.24, 2.45) is 5.90 Å². The summed E-state index contributed by atoms with van der Waals surface area (Å²) < 4.78 is 19.5. The summed E-state index contributed by atoms with van der Waals surface area (Å²) in [4.78, 5) is 28.6. The van der Waals surface area contributed by atoms with Crippen LogP contribution in [0, 0.1) is 5.82 Å². The van der Waals surface area contributed by atoms with Crippen LogP contribution < -0.4 is 17.1 Å². The van der Waals surface area contributed by atoms with Crippen molar-refractivity contribution in [3.63, 3.8) is 0 Å². The first-order valence-corrected chi connectivity index (χ1v) is 5.10. The number of hydrogen-bond acceptors (Lipinski definition) is 5. The van der Waals surface area contributed by atoms with E-state index in [1.54, 1.807) is 0 Å². The molecule has 0 saturated carbocycles. The van der Waals surface area contributed by atoms with Crippen molar-refractivity contribution in [2.75, 3.05) is 6.61 Å². The molecule has 0 aromatic carbocycles. The van der Waals surface area contributed by atoms with Gasteiger partial charge in [-0.1, -0.05) is 0 Å². The van der Waals surface area contributed by atoms with Crippen LogP contribution in [0.5, 0.6) is 0 Å². The summed E-state index contributed by atoms with van der Waals surface area (Å²) in [6.45, 7) is 0.205. The van der Waals surface area contributed by atoms with Gasteiger partial charge in [-0.3, -0.25) is 14.3 Å². The van der Waals surface area contributed by atoms with Crippen molar-refractivity contribution in [3.8, 4) is 0 Å². The van der Waals surface area contributed by atoms with E-state index >= 15 is 0 Å². The first kappa shape index (κ1) is 12.0. The molecule has 2 unspecified atom stereocenters. The predicted molar refractivity (Wildman–Crippen MR) is 54.6 cm³/mol. The molecule has 2 rings (SSSR count).